The largest absolute Gasteiger partial charge is 0.508 e. The van der Waals surface area contributed by atoms with Crippen LogP contribution in [0.25, 0.3) is 0 Å². The van der Waals surface area contributed by atoms with Crippen molar-refractivity contribution in [1.82, 2.24) is 25.5 Å². The molecule has 1 aromatic carbocycles. The van der Waals surface area contributed by atoms with Crippen molar-refractivity contribution in [3.8, 4) is 5.75 Å². The molecule has 14 nitrogen and oxygen atoms in total. The van der Waals surface area contributed by atoms with Crippen LogP contribution in [0.4, 0.5) is 0 Å². The summed E-state index contributed by atoms with van der Waals surface area (Å²) >= 11 is 0. The summed E-state index contributed by atoms with van der Waals surface area (Å²) in [4.78, 5) is 70.0. The van der Waals surface area contributed by atoms with E-state index in [1.807, 2.05) is 0 Å². The molecule has 8 N–H and O–H groups in total. The maximum absolute atomic E-state index is 13.3. The van der Waals surface area contributed by atoms with Crippen molar-refractivity contribution in [3.05, 3.63) is 48.0 Å². The third-order valence-electron chi connectivity index (χ3n) is 6.15. The normalized spacial score (nSPS) is 17.3. The van der Waals surface area contributed by atoms with Crippen LogP contribution in [0.15, 0.2) is 36.8 Å². The zero-order valence-electron chi connectivity index (χ0n) is 20.4. The van der Waals surface area contributed by atoms with Crippen LogP contribution in [0.2, 0.25) is 0 Å². The molecule has 0 radical (unpaired) electrons. The Labute approximate surface area is 217 Å². The predicted octanol–water partition coefficient (Wildman–Crippen LogP) is -1.25. The van der Waals surface area contributed by atoms with E-state index in [4.69, 9.17) is 5.73 Å². The van der Waals surface area contributed by atoms with Crippen molar-refractivity contribution in [3.63, 3.8) is 0 Å². The van der Waals surface area contributed by atoms with Gasteiger partial charge in [0, 0.05) is 31.3 Å². The zero-order chi connectivity index (χ0) is 27.8. The number of hydrogen-bond acceptors (Lipinski definition) is 8. The molecule has 3 rings (SSSR count). The molecule has 1 saturated heterocycles. The zero-order valence-corrected chi connectivity index (χ0v) is 20.4. The highest BCUT2D eigenvalue weighted by atomic mass is 16.4. The topological polar surface area (TPSA) is 228 Å². The van der Waals surface area contributed by atoms with E-state index in [1.165, 1.54) is 36.8 Å². The Morgan fingerprint density at radius 1 is 1.05 bits per heavy atom. The number of nitrogens with zero attached hydrogens (tertiary/aromatic N) is 2. The van der Waals surface area contributed by atoms with Gasteiger partial charge in [-0.05, 0) is 30.5 Å². The summed E-state index contributed by atoms with van der Waals surface area (Å²) in [5, 5.41) is 33.2. The van der Waals surface area contributed by atoms with E-state index in [9.17, 15) is 39.3 Å². The summed E-state index contributed by atoms with van der Waals surface area (Å²) < 4.78 is 0. The summed E-state index contributed by atoms with van der Waals surface area (Å²) in [5.41, 5.74) is 7.14. The summed E-state index contributed by atoms with van der Waals surface area (Å²) in [6.07, 6.45) is 2.81. The number of aromatic nitrogens is 2. The minimum absolute atomic E-state index is 0.00826. The average molecular weight is 531 g/mol. The Balaban J connectivity index is 1.79. The number of aromatic amines is 1. The maximum atomic E-state index is 13.3. The van der Waals surface area contributed by atoms with E-state index < -0.39 is 60.2 Å². The van der Waals surface area contributed by atoms with Gasteiger partial charge in [0.25, 0.3) is 0 Å². The molecule has 1 aromatic heterocycles. The van der Waals surface area contributed by atoms with Crippen LogP contribution in [0.3, 0.4) is 0 Å². The second-order valence-electron chi connectivity index (χ2n) is 9.01. The number of carboxylic acids is 2. The summed E-state index contributed by atoms with van der Waals surface area (Å²) in [5.74, 6) is -4.98. The highest BCUT2D eigenvalue weighted by Gasteiger charge is 2.39. The third kappa shape index (κ3) is 7.52. The second kappa shape index (κ2) is 12.7. The van der Waals surface area contributed by atoms with Gasteiger partial charge in [0.1, 0.15) is 23.9 Å². The Hall–Kier alpha value is -4.46. The van der Waals surface area contributed by atoms with Gasteiger partial charge in [0.15, 0.2) is 0 Å². The van der Waals surface area contributed by atoms with Crippen LogP contribution < -0.4 is 16.4 Å². The molecule has 14 heteroatoms. The second-order valence-corrected chi connectivity index (χ2v) is 9.01. The standard InChI is InChI=1S/C24H30N6O8/c25-16(9-14-11-26-12-27-14)21(34)28-17(8-13-3-5-15(31)6-4-13)22(35)29-18(10-20(32)33)23(36)30-7-1-2-19(30)24(37)38/h3-6,11-12,16-19,31H,1-2,7-10,25H2,(H,26,27)(H,28,34)(H,29,35)(H,32,33)(H,37,38). The Morgan fingerprint density at radius 3 is 2.34 bits per heavy atom. The fourth-order valence-corrected chi connectivity index (χ4v) is 4.22. The Bertz CT molecular complexity index is 1150. The number of phenols is 1. The number of H-pyrrole nitrogens is 1. The van der Waals surface area contributed by atoms with Gasteiger partial charge in [-0.1, -0.05) is 12.1 Å². The van der Waals surface area contributed by atoms with Gasteiger partial charge < -0.3 is 41.6 Å². The van der Waals surface area contributed by atoms with E-state index in [0.29, 0.717) is 17.7 Å². The first-order valence-electron chi connectivity index (χ1n) is 11.9. The molecular formula is C24H30N6O8. The molecule has 3 amide bonds. The summed E-state index contributed by atoms with van der Waals surface area (Å²) in [6.45, 7) is 0.109. The lowest BCUT2D eigenvalue weighted by molar-refractivity contribution is -0.150. The number of carbonyl (C=O) groups excluding carboxylic acids is 3. The fourth-order valence-electron chi connectivity index (χ4n) is 4.22. The molecule has 2 heterocycles. The highest BCUT2D eigenvalue weighted by Crippen LogP contribution is 2.19. The number of hydrogen-bond donors (Lipinski definition) is 7. The van der Waals surface area contributed by atoms with Gasteiger partial charge in [-0.2, -0.15) is 0 Å². The average Bonchev–Trinajstić information content (AvgIpc) is 3.56. The van der Waals surface area contributed by atoms with E-state index in [1.54, 1.807) is 0 Å². The smallest absolute Gasteiger partial charge is 0.326 e. The summed E-state index contributed by atoms with van der Waals surface area (Å²) in [6, 6.07) is 0.863. The van der Waals surface area contributed by atoms with Crippen molar-refractivity contribution in [1.29, 1.82) is 0 Å². The van der Waals surface area contributed by atoms with Crippen LogP contribution >= 0.6 is 0 Å². The van der Waals surface area contributed by atoms with Crippen molar-refractivity contribution >= 4 is 29.7 Å². The third-order valence-corrected chi connectivity index (χ3v) is 6.15. The lowest BCUT2D eigenvalue weighted by Gasteiger charge is -2.28. The number of nitrogens with one attached hydrogen (secondary N) is 3. The van der Waals surface area contributed by atoms with Crippen LogP contribution in [0.1, 0.15) is 30.5 Å². The number of amides is 3. The number of aromatic hydroxyl groups is 1. The SMILES string of the molecule is NC(Cc1cnc[nH]1)C(=O)NC(Cc1ccc(O)cc1)C(=O)NC(CC(=O)O)C(=O)N1CCCC1C(=O)O. The first-order chi connectivity index (χ1) is 18.0. The monoisotopic (exact) mass is 530 g/mol. The molecular weight excluding hydrogens is 500 g/mol. The lowest BCUT2D eigenvalue weighted by atomic mass is 10.0. The van der Waals surface area contributed by atoms with Gasteiger partial charge in [-0.25, -0.2) is 9.78 Å². The number of carbonyl (C=O) groups is 5. The number of phenolic OH excluding ortho intramolecular Hbond substituents is 1. The predicted molar refractivity (Wildman–Crippen MR) is 131 cm³/mol. The number of aliphatic carboxylic acids is 2. The molecule has 2 aromatic rings. The van der Waals surface area contributed by atoms with Crippen LogP contribution in [-0.2, 0) is 36.8 Å². The van der Waals surface area contributed by atoms with E-state index in [0.717, 1.165) is 4.90 Å². The van der Waals surface area contributed by atoms with Gasteiger partial charge in [0.05, 0.1) is 18.8 Å². The molecule has 0 saturated carbocycles. The summed E-state index contributed by atoms with van der Waals surface area (Å²) in [7, 11) is 0. The molecule has 0 aliphatic carbocycles. The van der Waals surface area contributed by atoms with Gasteiger partial charge >= 0.3 is 11.9 Å². The molecule has 4 atom stereocenters. The number of imidazole rings is 1. The molecule has 4 unspecified atom stereocenters. The van der Waals surface area contributed by atoms with Gasteiger partial charge in [-0.3, -0.25) is 19.2 Å². The van der Waals surface area contributed by atoms with Crippen molar-refractivity contribution in [2.75, 3.05) is 6.54 Å². The molecule has 0 bridgehead atoms. The first-order valence-corrected chi connectivity index (χ1v) is 11.9. The highest BCUT2D eigenvalue weighted by molar-refractivity contribution is 5.96. The minimum Gasteiger partial charge on any atom is -0.508 e. The molecule has 1 aliphatic heterocycles. The number of likely N-dealkylation sites (tertiary alicyclic amines) is 1. The molecule has 38 heavy (non-hydrogen) atoms. The number of nitrogens with two attached hydrogens (primary N) is 1. The number of carboxylic acid groups (broad SMARTS) is 2. The van der Waals surface area contributed by atoms with E-state index >= 15 is 0 Å². The lowest BCUT2D eigenvalue weighted by Crippen LogP contribution is -2.58. The van der Waals surface area contributed by atoms with Crippen LogP contribution in [0.5, 0.6) is 5.75 Å². The molecule has 204 valence electrons. The number of rotatable bonds is 12. The van der Waals surface area contributed by atoms with E-state index in [-0.39, 0.29) is 31.6 Å². The van der Waals surface area contributed by atoms with Crippen molar-refractivity contribution in [2.24, 2.45) is 5.73 Å². The van der Waals surface area contributed by atoms with Crippen LogP contribution in [-0.4, -0.2) is 90.6 Å². The fraction of sp³-hybridized carbons (Fsp3) is 0.417. The first kappa shape index (κ1) is 28.1. The minimum atomic E-state index is -1.56. The molecule has 0 spiro atoms. The molecule has 1 fully saturated rings. The maximum Gasteiger partial charge on any atom is 0.326 e. The van der Waals surface area contributed by atoms with Crippen molar-refractivity contribution in [2.45, 2.75) is 56.3 Å². The van der Waals surface area contributed by atoms with Gasteiger partial charge in [0.2, 0.25) is 17.7 Å². The molecule has 1 aliphatic rings. The Morgan fingerprint density at radius 2 is 1.74 bits per heavy atom. The van der Waals surface area contributed by atoms with Crippen LogP contribution in [0, 0.1) is 0 Å². The Kier molecular flexibility index (Phi) is 9.38. The van der Waals surface area contributed by atoms with Crippen molar-refractivity contribution < 1.29 is 39.3 Å². The van der Waals surface area contributed by atoms with Gasteiger partial charge in [-0.15, -0.1) is 0 Å². The van der Waals surface area contributed by atoms with E-state index in [2.05, 4.69) is 20.6 Å². The number of benzene rings is 1. The quantitative estimate of drug-likeness (QED) is 0.172.